The molecule has 2 aromatic rings. The van der Waals surface area contributed by atoms with Gasteiger partial charge in [0.25, 0.3) is 0 Å². The maximum atomic E-state index is 14.0. The Bertz CT molecular complexity index is 1360. The van der Waals surface area contributed by atoms with E-state index in [1.165, 1.54) is 11.8 Å². The van der Waals surface area contributed by atoms with Crippen molar-refractivity contribution >= 4 is 29.4 Å². The van der Waals surface area contributed by atoms with Crippen molar-refractivity contribution in [2.75, 3.05) is 6.54 Å². The molecule has 4 N–H and O–H groups in total. The number of nitrogens with one attached hydrogen (secondary N) is 3. The van der Waals surface area contributed by atoms with E-state index >= 15 is 0 Å². The molecule has 0 radical (unpaired) electrons. The van der Waals surface area contributed by atoms with Crippen LogP contribution in [0.5, 0.6) is 0 Å². The number of ketones is 1. The smallest absolute Gasteiger partial charge is 0.246 e. The molecule has 0 aliphatic carbocycles. The highest BCUT2D eigenvalue weighted by Gasteiger charge is 2.43. The SMILES string of the molecule is CC[C@]1(C)NC(=O)[C@H](CCCCCC(=O)[C@@H](C)O)NC(=O)[C@H]2CCCN2C(=O)[C@H](Cc2ccc(-c3ccncc3)cc2)NC1=O. The van der Waals surface area contributed by atoms with Crippen LogP contribution in [0, 0.1) is 0 Å². The van der Waals surface area contributed by atoms with Gasteiger partial charge in [-0.25, -0.2) is 0 Å². The lowest BCUT2D eigenvalue weighted by molar-refractivity contribution is -0.144. The largest absolute Gasteiger partial charge is 0.386 e. The second-order valence-electron chi connectivity index (χ2n) is 12.3. The Balaban J connectivity index is 1.53. The van der Waals surface area contributed by atoms with E-state index in [2.05, 4.69) is 20.9 Å². The molecule has 3 heterocycles. The summed E-state index contributed by atoms with van der Waals surface area (Å²) in [5.41, 5.74) is 1.53. The molecule has 0 saturated carbocycles. The van der Waals surface area contributed by atoms with Crippen LogP contribution in [0.3, 0.4) is 0 Å². The number of aliphatic hydroxyl groups is 1. The minimum Gasteiger partial charge on any atom is -0.386 e. The lowest BCUT2D eigenvalue weighted by atomic mass is 9.94. The molecule has 0 bridgehead atoms. The standard InChI is InChI=1S/C34H45N5O6/c1-4-34(3)33(45)37-27(21-23-12-14-24(15-13-23)25-16-18-35-19-17-25)32(44)39-20-8-10-28(39)31(43)36-26(30(42)38-34)9-6-5-7-11-29(41)22(2)40/h12-19,22,26-28,40H,4-11,20-21H2,1-3H3,(H,36,43)(H,37,45)(H,38,42)/t22-,26+,27+,28-,34+/m1/s1. The van der Waals surface area contributed by atoms with E-state index in [0.29, 0.717) is 45.1 Å². The maximum absolute atomic E-state index is 14.0. The summed E-state index contributed by atoms with van der Waals surface area (Å²) >= 11 is 0. The maximum Gasteiger partial charge on any atom is 0.246 e. The van der Waals surface area contributed by atoms with Gasteiger partial charge in [0.05, 0.1) is 0 Å². The molecule has 0 spiro atoms. The number of carbonyl (C=O) groups excluding carboxylic acids is 5. The Hall–Kier alpha value is -4.12. The van der Waals surface area contributed by atoms with Gasteiger partial charge < -0.3 is 26.0 Å². The van der Waals surface area contributed by atoms with Crippen molar-refractivity contribution in [3.05, 3.63) is 54.4 Å². The molecule has 45 heavy (non-hydrogen) atoms. The fourth-order valence-corrected chi connectivity index (χ4v) is 5.87. The highest BCUT2D eigenvalue weighted by molar-refractivity contribution is 5.99. The number of rotatable bonds is 11. The molecule has 0 unspecified atom stereocenters. The van der Waals surface area contributed by atoms with Crippen LogP contribution < -0.4 is 16.0 Å². The first-order valence-electron chi connectivity index (χ1n) is 16.0. The van der Waals surface area contributed by atoms with Gasteiger partial charge in [-0.3, -0.25) is 29.0 Å². The van der Waals surface area contributed by atoms with Crippen LogP contribution in [0.4, 0.5) is 0 Å². The minimum atomic E-state index is -1.32. The molecule has 11 nitrogen and oxygen atoms in total. The van der Waals surface area contributed by atoms with Crippen LogP contribution in [-0.4, -0.2) is 80.7 Å². The third-order valence-electron chi connectivity index (χ3n) is 8.97. The van der Waals surface area contributed by atoms with Gasteiger partial charge in [0.15, 0.2) is 5.78 Å². The van der Waals surface area contributed by atoms with Gasteiger partial charge in [0, 0.05) is 31.8 Å². The number of amides is 4. The number of fused-ring (bicyclic) bond motifs is 1. The fourth-order valence-electron chi connectivity index (χ4n) is 5.87. The zero-order valence-electron chi connectivity index (χ0n) is 26.4. The number of aliphatic hydroxyl groups excluding tert-OH is 1. The molecule has 2 aliphatic rings. The third kappa shape index (κ3) is 8.54. The van der Waals surface area contributed by atoms with E-state index < -0.39 is 47.5 Å². The van der Waals surface area contributed by atoms with E-state index in [9.17, 15) is 29.1 Å². The number of carbonyl (C=O) groups is 5. The van der Waals surface area contributed by atoms with Crippen LogP contribution in [0.15, 0.2) is 48.8 Å². The monoisotopic (exact) mass is 619 g/mol. The zero-order chi connectivity index (χ0) is 32.6. The molecule has 2 aliphatic heterocycles. The van der Waals surface area contributed by atoms with E-state index in [4.69, 9.17) is 0 Å². The molecule has 5 atom stereocenters. The van der Waals surface area contributed by atoms with Crippen molar-refractivity contribution in [1.82, 2.24) is 25.8 Å². The molecular formula is C34H45N5O6. The van der Waals surface area contributed by atoms with Crippen molar-refractivity contribution in [2.45, 2.75) is 108 Å². The summed E-state index contributed by atoms with van der Waals surface area (Å²) < 4.78 is 0. The summed E-state index contributed by atoms with van der Waals surface area (Å²) in [5.74, 6) is -1.89. The first-order valence-corrected chi connectivity index (χ1v) is 16.0. The van der Waals surface area contributed by atoms with E-state index in [1.807, 2.05) is 36.4 Å². The second-order valence-corrected chi connectivity index (χ2v) is 12.3. The first-order chi connectivity index (χ1) is 21.5. The highest BCUT2D eigenvalue weighted by atomic mass is 16.3. The number of unbranched alkanes of at least 4 members (excludes halogenated alkanes) is 2. The summed E-state index contributed by atoms with van der Waals surface area (Å²) in [7, 11) is 0. The summed E-state index contributed by atoms with van der Waals surface area (Å²) in [6, 6.07) is 9.00. The van der Waals surface area contributed by atoms with Crippen LogP contribution >= 0.6 is 0 Å². The second kappa shape index (κ2) is 15.2. The average molecular weight is 620 g/mol. The van der Waals surface area contributed by atoms with Gasteiger partial charge in [0.1, 0.15) is 29.8 Å². The van der Waals surface area contributed by atoms with Crippen LogP contribution in [-0.2, 0) is 30.4 Å². The van der Waals surface area contributed by atoms with Gasteiger partial charge in [-0.15, -0.1) is 0 Å². The molecule has 4 amide bonds. The fraction of sp³-hybridized carbons (Fsp3) is 0.529. The number of benzene rings is 1. The Morgan fingerprint density at radius 2 is 1.67 bits per heavy atom. The van der Waals surface area contributed by atoms with Gasteiger partial charge in [-0.2, -0.15) is 0 Å². The van der Waals surface area contributed by atoms with E-state index in [0.717, 1.165) is 16.7 Å². The van der Waals surface area contributed by atoms with Gasteiger partial charge in [0.2, 0.25) is 23.6 Å². The van der Waals surface area contributed by atoms with Crippen LogP contribution in [0.25, 0.3) is 11.1 Å². The topological polar surface area (TPSA) is 158 Å². The number of hydrogen-bond donors (Lipinski definition) is 4. The lowest BCUT2D eigenvalue weighted by Crippen LogP contribution is -2.65. The summed E-state index contributed by atoms with van der Waals surface area (Å²) in [6.45, 7) is 5.22. The molecular weight excluding hydrogens is 574 g/mol. The van der Waals surface area contributed by atoms with Gasteiger partial charge in [-0.1, -0.05) is 44.0 Å². The van der Waals surface area contributed by atoms with Crippen LogP contribution in [0.1, 0.15) is 77.7 Å². The highest BCUT2D eigenvalue weighted by Crippen LogP contribution is 2.24. The van der Waals surface area contributed by atoms with Gasteiger partial charge >= 0.3 is 0 Å². The molecule has 1 aromatic carbocycles. The van der Waals surface area contributed by atoms with Crippen molar-refractivity contribution in [3.8, 4) is 11.1 Å². The number of Topliss-reactive ketones (excluding diaryl/α,β-unsaturated/α-hetero) is 1. The van der Waals surface area contributed by atoms with Crippen molar-refractivity contribution in [3.63, 3.8) is 0 Å². The lowest BCUT2D eigenvalue weighted by Gasteiger charge is -2.36. The minimum absolute atomic E-state index is 0.222. The van der Waals surface area contributed by atoms with Crippen molar-refractivity contribution in [1.29, 1.82) is 0 Å². The predicted octanol–water partition coefficient (Wildman–Crippen LogP) is 2.45. The summed E-state index contributed by atoms with van der Waals surface area (Å²) in [6.07, 6.45) is 6.30. The van der Waals surface area contributed by atoms with E-state index in [-0.39, 0.29) is 31.0 Å². The number of aromatic nitrogens is 1. The predicted molar refractivity (Wildman–Crippen MR) is 169 cm³/mol. The van der Waals surface area contributed by atoms with Crippen molar-refractivity contribution < 1.29 is 29.1 Å². The molecule has 2 saturated heterocycles. The Morgan fingerprint density at radius 1 is 0.978 bits per heavy atom. The van der Waals surface area contributed by atoms with Crippen LogP contribution in [0.2, 0.25) is 0 Å². The summed E-state index contributed by atoms with van der Waals surface area (Å²) in [4.78, 5) is 72.2. The molecule has 11 heteroatoms. The number of hydrogen-bond acceptors (Lipinski definition) is 7. The Morgan fingerprint density at radius 3 is 2.33 bits per heavy atom. The Labute approximate surface area is 264 Å². The average Bonchev–Trinajstić information content (AvgIpc) is 3.53. The third-order valence-corrected chi connectivity index (χ3v) is 8.97. The number of pyridine rings is 1. The quantitative estimate of drug-likeness (QED) is 0.281. The summed E-state index contributed by atoms with van der Waals surface area (Å²) in [5, 5.41) is 18.1. The zero-order valence-corrected chi connectivity index (χ0v) is 26.4. The van der Waals surface area contributed by atoms with E-state index in [1.54, 1.807) is 26.2 Å². The molecule has 4 rings (SSSR count). The Kier molecular flexibility index (Phi) is 11.4. The van der Waals surface area contributed by atoms with Crippen molar-refractivity contribution in [2.24, 2.45) is 0 Å². The number of nitrogens with zero attached hydrogens (tertiary/aromatic N) is 2. The van der Waals surface area contributed by atoms with Gasteiger partial charge in [-0.05, 0) is 74.8 Å². The normalized spacial score (nSPS) is 24.9. The first kappa shape index (κ1) is 33.8. The molecule has 1 aromatic heterocycles. The molecule has 2 fully saturated rings. The molecule has 242 valence electrons.